The van der Waals surface area contributed by atoms with E-state index in [9.17, 15) is 13.2 Å². The summed E-state index contributed by atoms with van der Waals surface area (Å²) in [5.74, 6) is 0.442. The van der Waals surface area contributed by atoms with Crippen LogP contribution in [0, 0.1) is 0 Å². The van der Waals surface area contributed by atoms with Gasteiger partial charge in [0.15, 0.2) is 9.84 Å². The Hall–Kier alpha value is -0.660. The number of carbonyl (C=O) groups is 1. The minimum absolute atomic E-state index is 0.00407. The third-order valence-corrected chi connectivity index (χ3v) is 5.20. The van der Waals surface area contributed by atoms with Crippen molar-refractivity contribution in [1.29, 1.82) is 0 Å². The van der Waals surface area contributed by atoms with Crippen LogP contribution in [0.3, 0.4) is 0 Å². The van der Waals surface area contributed by atoms with Gasteiger partial charge >= 0.3 is 0 Å². The summed E-state index contributed by atoms with van der Waals surface area (Å²) in [6.07, 6.45) is 0.649. The summed E-state index contributed by atoms with van der Waals surface area (Å²) in [6.45, 7) is 1.90. The van der Waals surface area contributed by atoms with E-state index in [1.807, 2.05) is 4.90 Å². The molecule has 1 amide bonds. The van der Waals surface area contributed by atoms with Gasteiger partial charge in [-0.15, -0.1) is 0 Å². The molecule has 2 saturated heterocycles. The van der Waals surface area contributed by atoms with Crippen molar-refractivity contribution < 1.29 is 13.2 Å². The van der Waals surface area contributed by atoms with Gasteiger partial charge in [0.25, 0.3) is 0 Å². The molecule has 0 aromatic carbocycles. The van der Waals surface area contributed by atoms with E-state index in [0.717, 1.165) is 6.54 Å². The molecule has 0 radical (unpaired) electrons. The zero-order valence-corrected chi connectivity index (χ0v) is 10.8. The van der Waals surface area contributed by atoms with Crippen LogP contribution in [0.5, 0.6) is 0 Å². The van der Waals surface area contributed by atoms with E-state index in [0.29, 0.717) is 19.5 Å². The molecule has 0 aliphatic carbocycles. The van der Waals surface area contributed by atoms with Crippen molar-refractivity contribution in [2.45, 2.75) is 18.5 Å². The number of hydrogen-bond acceptors (Lipinski definition) is 5. The van der Waals surface area contributed by atoms with Gasteiger partial charge in [0, 0.05) is 25.7 Å². The van der Waals surface area contributed by atoms with Crippen molar-refractivity contribution >= 4 is 15.7 Å². The Morgan fingerprint density at radius 2 is 2.29 bits per heavy atom. The maximum Gasteiger partial charge on any atom is 0.238 e. The molecule has 2 aliphatic rings. The lowest BCUT2D eigenvalue weighted by Crippen LogP contribution is -2.61. The third-order valence-electron chi connectivity index (χ3n) is 3.45. The zero-order chi connectivity index (χ0) is 12.5. The number of carbonyl (C=O) groups excluding carboxylic acids is 1. The number of sulfone groups is 1. The smallest absolute Gasteiger partial charge is 0.238 e. The minimum atomic E-state index is -2.89. The van der Waals surface area contributed by atoms with Crippen molar-refractivity contribution in [3.8, 4) is 0 Å². The van der Waals surface area contributed by atoms with Crippen LogP contribution in [0.25, 0.3) is 0 Å². The first-order chi connectivity index (χ1) is 8.03. The van der Waals surface area contributed by atoms with Gasteiger partial charge in [-0.1, -0.05) is 0 Å². The third kappa shape index (κ3) is 2.78. The molecule has 7 heteroatoms. The second kappa shape index (κ2) is 4.91. The maximum atomic E-state index is 11.8. The van der Waals surface area contributed by atoms with E-state index in [4.69, 9.17) is 0 Å². The molecule has 98 valence electrons. The van der Waals surface area contributed by atoms with Crippen LogP contribution < -0.4 is 10.6 Å². The average Bonchev–Trinajstić information content (AvgIpc) is 2.62. The van der Waals surface area contributed by atoms with Gasteiger partial charge in [-0.05, 0) is 13.5 Å². The molecule has 6 nitrogen and oxygen atoms in total. The van der Waals surface area contributed by atoms with Crippen molar-refractivity contribution in [2.75, 3.05) is 38.2 Å². The first kappa shape index (κ1) is 12.8. The van der Waals surface area contributed by atoms with Gasteiger partial charge in [0.1, 0.15) is 6.04 Å². The molecule has 2 unspecified atom stereocenters. The minimum Gasteiger partial charge on any atom is -0.353 e. The molecule has 0 bridgehead atoms. The van der Waals surface area contributed by atoms with Crippen LogP contribution in [0.4, 0.5) is 0 Å². The van der Waals surface area contributed by atoms with Gasteiger partial charge < -0.3 is 10.6 Å². The molecular formula is C10H19N3O3S. The summed E-state index contributed by atoms with van der Waals surface area (Å²) >= 11 is 0. The molecule has 2 aliphatic heterocycles. The van der Waals surface area contributed by atoms with Crippen LogP contribution in [-0.4, -0.2) is 69.5 Å². The van der Waals surface area contributed by atoms with Crippen LogP contribution in [0.15, 0.2) is 0 Å². The first-order valence-electron chi connectivity index (χ1n) is 5.92. The molecule has 2 fully saturated rings. The summed E-state index contributed by atoms with van der Waals surface area (Å²) in [4.78, 5) is 13.8. The Kier molecular flexibility index (Phi) is 3.70. The van der Waals surface area contributed by atoms with Gasteiger partial charge in [-0.25, -0.2) is 8.42 Å². The Morgan fingerprint density at radius 1 is 1.53 bits per heavy atom. The topological polar surface area (TPSA) is 78.5 Å². The fraction of sp³-hybridized carbons (Fsp3) is 0.900. The SMILES string of the molecule is CNCC1C(=O)NCCN1C1CCS(=O)(=O)C1. The first-order valence-corrected chi connectivity index (χ1v) is 7.74. The Labute approximate surface area is 102 Å². The van der Waals surface area contributed by atoms with Gasteiger partial charge in [-0.3, -0.25) is 9.69 Å². The van der Waals surface area contributed by atoms with E-state index in [2.05, 4.69) is 10.6 Å². The number of amides is 1. The molecule has 17 heavy (non-hydrogen) atoms. The lowest BCUT2D eigenvalue weighted by molar-refractivity contribution is -0.129. The predicted molar refractivity (Wildman–Crippen MR) is 64.5 cm³/mol. The number of rotatable bonds is 3. The summed E-state index contributed by atoms with van der Waals surface area (Å²) in [5, 5.41) is 5.81. The summed E-state index contributed by atoms with van der Waals surface area (Å²) in [5.41, 5.74) is 0. The predicted octanol–water partition coefficient (Wildman–Crippen LogP) is -1.81. The van der Waals surface area contributed by atoms with E-state index in [1.165, 1.54) is 0 Å². The summed E-state index contributed by atoms with van der Waals surface area (Å²) < 4.78 is 23.0. The molecule has 2 N–H and O–H groups in total. The fourth-order valence-corrected chi connectivity index (χ4v) is 4.35. The van der Waals surface area contributed by atoms with E-state index < -0.39 is 9.84 Å². The van der Waals surface area contributed by atoms with Crippen molar-refractivity contribution in [3.63, 3.8) is 0 Å². The lowest BCUT2D eigenvalue weighted by atomic mass is 10.1. The highest BCUT2D eigenvalue weighted by atomic mass is 32.2. The molecular weight excluding hydrogens is 242 g/mol. The van der Waals surface area contributed by atoms with Crippen molar-refractivity contribution in [1.82, 2.24) is 15.5 Å². The largest absolute Gasteiger partial charge is 0.353 e. The van der Waals surface area contributed by atoms with Gasteiger partial charge in [0.05, 0.1) is 11.5 Å². The molecule has 0 saturated carbocycles. The lowest BCUT2D eigenvalue weighted by Gasteiger charge is -2.38. The second-order valence-corrected chi connectivity index (χ2v) is 6.89. The zero-order valence-electron chi connectivity index (χ0n) is 9.98. The van der Waals surface area contributed by atoms with Gasteiger partial charge in [0.2, 0.25) is 5.91 Å². The molecule has 0 spiro atoms. The van der Waals surface area contributed by atoms with Crippen LogP contribution in [-0.2, 0) is 14.6 Å². The Morgan fingerprint density at radius 3 is 2.88 bits per heavy atom. The van der Waals surface area contributed by atoms with E-state index in [1.54, 1.807) is 7.05 Å². The summed E-state index contributed by atoms with van der Waals surface area (Å²) in [6, 6.07) is -0.239. The Bertz CT molecular complexity index is 396. The highest BCUT2D eigenvalue weighted by Gasteiger charge is 2.39. The molecule has 0 aromatic rings. The van der Waals surface area contributed by atoms with Crippen LogP contribution in [0.1, 0.15) is 6.42 Å². The number of piperazine rings is 1. The number of nitrogens with zero attached hydrogens (tertiary/aromatic N) is 1. The highest BCUT2D eigenvalue weighted by molar-refractivity contribution is 7.91. The quantitative estimate of drug-likeness (QED) is 0.626. The fourth-order valence-electron chi connectivity index (χ4n) is 2.61. The van der Waals surface area contributed by atoms with Crippen molar-refractivity contribution in [3.05, 3.63) is 0 Å². The maximum absolute atomic E-state index is 11.8. The highest BCUT2D eigenvalue weighted by Crippen LogP contribution is 2.20. The second-order valence-electron chi connectivity index (χ2n) is 4.66. The number of hydrogen-bond donors (Lipinski definition) is 2. The average molecular weight is 261 g/mol. The van der Waals surface area contributed by atoms with Gasteiger partial charge in [-0.2, -0.15) is 0 Å². The normalized spacial score (nSPS) is 33.6. The standard InChI is InChI=1S/C10H19N3O3S/c1-11-6-9-10(14)12-3-4-13(9)8-2-5-17(15,16)7-8/h8-9,11H,2-7H2,1H3,(H,12,14). The summed E-state index contributed by atoms with van der Waals surface area (Å²) in [7, 11) is -1.10. The molecule has 0 aromatic heterocycles. The van der Waals surface area contributed by atoms with Crippen molar-refractivity contribution in [2.24, 2.45) is 0 Å². The number of nitrogens with one attached hydrogen (secondary N) is 2. The van der Waals surface area contributed by atoms with E-state index in [-0.39, 0.29) is 29.5 Å². The molecule has 2 rings (SSSR count). The Balaban J connectivity index is 2.09. The monoisotopic (exact) mass is 261 g/mol. The van der Waals surface area contributed by atoms with E-state index >= 15 is 0 Å². The molecule has 2 heterocycles. The van der Waals surface area contributed by atoms with Crippen LogP contribution >= 0.6 is 0 Å². The molecule has 2 atom stereocenters. The van der Waals surface area contributed by atoms with Crippen LogP contribution in [0.2, 0.25) is 0 Å². The number of likely N-dealkylation sites (N-methyl/N-ethyl adjacent to an activating group) is 1.